The fraction of sp³-hybridized carbons (Fsp3) is 0.333. The molecule has 5 heteroatoms. The SMILES string of the molecule is COC[C@H]1CCCN1C(c1ccccc1)C(O)(c1cccnc1)c1cccnc1. The third-order valence-electron chi connectivity index (χ3n) is 5.83. The number of likely N-dealkylation sites (tertiary alicyclic amines) is 1. The molecule has 3 heterocycles. The average molecular weight is 389 g/mol. The molecule has 29 heavy (non-hydrogen) atoms. The highest BCUT2D eigenvalue weighted by Gasteiger charge is 2.47. The zero-order chi connectivity index (χ0) is 20.1. The lowest BCUT2D eigenvalue weighted by atomic mass is 9.77. The van der Waals surface area contributed by atoms with Crippen LogP contribution < -0.4 is 0 Å². The molecule has 0 amide bonds. The molecule has 4 rings (SSSR count). The minimum absolute atomic E-state index is 0.241. The van der Waals surface area contributed by atoms with Gasteiger partial charge in [-0.3, -0.25) is 14.9 Å². The van der Waals surface area contributed by atoms with Crippen LogP contribution in [0.2, 0.25) is 0 Å². The van der Waals surface area contributed by atoms with E-state index in [1.807, 2.05) is 42.5 Å². The van der Waals surface area contributed by atoms with Crippen molar-refractivity contribution in [3.05, 3.63) is 96.1 Å². The van der Waals surface area contributed by atoms with Crippen LogP contribution in [0, 0.1) is 0 Å². The van der Waals surface area contributed by atoms with E-state index in [4.69, 9.17) is 4.74 Å². The molecule has 0 spiro atoms. The first-order chi connectivity index (χ1) is 14.2. The number of aromatic nitrogens is 2. The first-order valence-electron chi connectivity index (χ1n) is 10.1. The van der Waals surface area contributed by atoms with E-state index in [1.165, 1.54) is 0 Å². The van der Waals surface area contributed by atoms with E-state index in [0.29, 0.717) is 6.61 Å². The van der Waals surface area contributed by atoms with Gasteiger partial charge in [-0.25, -0.2) is 0 Å². The van der Waals surface area contributed by atoms with Crippen LogP contribution in [0.15, 0.2) is 79.4 Å². The van der Waals surface area contributed by atoms with Crippen molar-refractivity contribution in [3.8, 4) is 0 Å². The summed E-state index contributed by atoms with van der Waals surface area (Å²) in [7, 11) is 1.74. The molecular formula is C24H27N3O2. The van der Waals surface area contributed by atoms with Crippen LogP contribution in [0.1, 0.15) is 35.6 Å². The maximum absolute atomic E-state index is 12.5. The molecule has 1 aliphatic rings. The first kappa shape index (κ1) is 19.7. The predicted molar refractivity (Wildman–Crippen MR) is 112 cm³/mol. The van der Waals surface area contributed by atoms with Crippen molar-refractivity contribution in [1.82, 2.24) is 14.9 Å². The molecule has 0 radical (unpaired) electrons. The van der Waals surface area contributed by atoms with Gasteiger partial charge >= 0.3 is 0 Å². The van der Waals surface area contributed by atoms with E-state index < -0.39 is 5.60 Å². The average Bonchev–Trinajstić information content (AvgIpc) is 3.23. The molecule has 1 aromatic carbocycles. The highest BCUT2D eigenvalue weighted by molar-refractivity contribution is 5.39. The van der Waals surface area contributed by atoms with E-state index in [2.05, 4.69) is 27.0 Å². The lowest BCUT2D eigenvalue weighted by Crippen LogP contribution is -2.48. The number of nitrogens with zero attached hydrogens (tertiary/aromatic N) is 3. The number of pyridine rings is 2. The monoisotopic (exact) mass is 389 g/mol. The minimum atomic E-state index is -1.31. The van der Waals surface area contributed by atoms with Gasteiger partial charge in [-0.15, -0.1) is 0 Å². The van der Waals surface area contributed by atoms with Gasteiger partial charge in [0.05, 0.1) is 12.6 Å². The molecule has 5 nitrogen and oxygen atoms in total. The Kier molecular flexibility index (Phi) is 6.00. The van der Waals surface area contributed by atoms with Crippen molar-refractivity contribution in [2.24, 2.45) is 0 Å². The van der Waals surface area contributed by atoms with Crippen molar-refractivity contribution < 1.29 is 9.84 Å². The third-order valence-corrected chi connectivity index (χ3v) is 5.83. The molecule has 0 aliphatic carbocycles. The van der Waals surface area contributed by atoms with Gasteiger partial charge in [0, 0.05) is 49.1 Å². The Bertz CT molecular complexity index is 850. The van der Waals surface area contributed by atoms with Crippen molar-refractivity contribution in [1.29, 1.82) is 0 Å². The van der Waals surface area contributed by atoms with E-state index >= 15 is 0 Å². The summed E-state index contributed by atoms with van der Waals surface area (Å²) in [5.41, 5.74) is 1.26. The largest absolute Gasteiger partial charge is 0.383 e. The highest BCUT2D eigenvalue weighted by Crippen LogP contribution is 2.46. The summed E-state index contributed by atoms with van der Waals surface area (Å²) in [4.78, 5) is 11.0. The van der Waals surface area contributed by atoms with E-state index in [-0.39, 0.29) is 12.1 Å². The maximum Gasteiger partial charge on any atom is 0.137 e. The molecular weight excluding hydrogens is 362 g/mol. The Morgan fingerprint density at radius 3 is 2.24 bits per heavy atom. The summed E-state index contributed by atoms with van der Waals surface area (Å²) < 4.78 is 5.52. The topological polar surface area (TPSA) is 58.5 Å². The van der Waals surface area contributed by atoms with Gasteiger partial charge in [0.15, 0.2) is 0 Å². The molecule has 0 saturated carbocycles. The van der Waals surface area contributed by atoms with Crippen LogP contribution in [0.4, 0.5) is 0 Å². The fourth-order valence-electron chi connectivity index (χ4n) is 4.54. The van der Waals surface area contributed by atoms with Gasteiger partial charge in [0.1, 0.15) is 5.60 Å². The zero-order valence-corrected chi connectivity index (χ0v) is 16.7. The summed E-state index contributed by atoms with van der Waals surface area (Å²) in [6.07, 6.45) is 9.10. The zero-order valence-electron chi connectivity index (χ0n) is 16.7. The van der Waals surface area contributed by atoms with Crippen LogP contribution in [0.3, 0.4) is 0 Å². The molecule has 150 valence electrons. The summed E-state index contributed by atoms with van der Waals surface area (Å²) in [5, 5.41) is 12.5. The van der Waals surface area contributed by atoms with Crippen molar-refractivity contribution in [3.63, 3.8) is 0 Å². The highest BCUT2D eigenvalue weighted by atomic mass is 16.5. The minimum Gasteiger partial charge on any atom is -0.383 e. The van der Waals surface area contributed by atoms with Crippen LogP contribution in [0.25, 0.3) is 0 Å². The Balaban J connectivity index is 1.92. The molecule has 2 atom stereocenters. The smallest absolute Gasteiger partial charge is 0.137 e. The molecule has 3 aromatic rings. The summed E-state index contributed by atoms with van der Waals surface area (Å²) in [5.74, 6) is 0. The molecule has 1 aliphatic heterocycles. The van der Waals surface area contributed by atoms with E-state index in [0.717, 1.165) is 36.1 Å². The lowest BCUT2D eigenvalue weighted by Gasteiger charge is -2.44. The standard InChI is InChI=1S/C24H27N3O2/c1-29-18-22-12-7-15-27(22)23(19-8-3-2-4-9-19)24(28,20-10-5-13-25-16-20)21-11-6-14-26-17-21/h2-6,8-11,13-14,16-17,22-23,28H,7,12,15,18H2,1H3/t22-,23?/m1/s1. The number of aliphatic hydroxyl groups is 1. The second-order valence-electron chi connectivity index (χ2n) is 7.55. The number of methoxy groups -OCH3 is 1. The van der Waals surface area contributed by atoms with Crippen molar-refractivity contribution in [2.45, 2.75) is 30.5 Å². The van der Waals surface area contributed by atoms with Gasteiger partial charge in [0.2, 0.25) is 0 Å². The lowest BCUT2D eigenvalue weighted by molar-refractivity contribution is -0.0391. The Morgan fingerprint density at radius 1 is 1.03 bits per heavy atom. The van der Waals surface area contributed by atoms with E-state index in [9.17, 15) is 5.11 Å². The Hall–Kier alpha value is -2.60. The summed E-state index contributed by atoms with van der Waals surface area (Å²) in [6, 6.07) is 17.8. The molecule has 1 unspecified atom stereocenters. The predicted octanol–water partition coefficient (Wildman–Crippen LogP) is 3.56. The van der Waals surface area contributed by atoms with Crippen LogP contribution in [-0.4, -0.2) is 46.3 Å². The van der Waals surface area contributed by atoms with Gasteiger partial charge in [-0.1, -0.05) is 42.5 Å². The van der Waals surface area contributed by atoms with Gasteiger partial charge in [0.25, 0.3) is 0 Å². The van der Waals surface area contributed by atoms with E-state index in [1.54, 1.807) is 31.9 Å². The van der Waals surface area contributed by atoms with Gasteiger partial charge in [-0.2, -0.15) is 0 Å². The molecule has 2 aromatic heterocycles. The quantitative estimate of drug-likeness (QED) is 0.670. The summed E-state index contributed by atoms with van der Waals surface area (Å²) >= 11 is 0. The fourth-order valence-corrected chi connectivity index (χ4v) is 4.54. The van der Waals surface area contributed by atoms with Crippen LogP contribution >= 0.6 is 0 Å². The number of hydrogen-bond donors (Lipinski definition) is 1. The summed E-state index contributed by atoms with van der Waals surface area (Å²) in [6.45, 7) is 1.54. The van der Waals surface area contributed by atoms with Gasteiger partial charge < -0.3 is 9.84 Å². The van der Waals surface area contributed by atoms with Crippen LogP contribution in [0.5, 0.6) is 0 Å². The van der Waals surface area contributed by atoms with Crippen molar-refractivity contribution in [2.75, 3.05) is 20.3 Å². The van der Waals surface area contributed by atoms with Gasteiger partial charge in [-0.05, 0) is 37.1 Å². The number of ether oxygens (including phenoxy) is 1. The number of hydrogen-bond acceptors (Lipinski definition) is 5. The normalized spacial score (nSPS) is 18.6. The second-order valence-corrected chi connectivity index (χ2v) is 7.55. The molecule has 0 bridgehead atoms. The first-order valence-corrected chi connectivity index (χ1v) is 10.1. The maximum atomic E-state index is 12.5. The van der Waals surface area contributed by atoms with Crippen molar-refractivity contribution >= 4 is 0 Å². The third kappa shape index (κ3) is 3.81. The number of rotatable bonds is 7. The number of benzene rings is 1. The Labute approximate surface area is 172 Å². The van der Waals surface area contributed by atoms with Crippen LogP contribution in [-0.2, 0) is 10.3 Å². The Morgan fingerprint density at radius 2 is 1.69 bits per heavy atom. The molecule has 1 N–H and O–H groups in total. The molecule has 1 fully saturated rings. The molecule has 1 saturated heterocycles. The second kappa shape index (κ2) is 8.82.